The Morgan fingerprint density at radius 2 is 1.65 bits per heavy atom. The molecule has 0 radical (unpaired) electrons. The highest BCUT2D eigenvalue weighted by Gasteiger charge is 2.20. The molecule has 0 aliphatic rings. The lowest BCUT2D eigenvalue weighted by molar-refractivity contribution is -0.115. The number of aromatic nitrogens is 2. The number of amides is 1. The zero-order chi connectivity index (χ0) is 21.8. The van der Waals surface area contributed by atoms with E-state index in [2.05, 4.69) is 22.4 Å². The fourth-order valence-electron chi connectivity index (χ4n) is 3.15. The number of anilines is 1. The summed E-state index contributed by atoms with van der Waals surface area (Å²) in [5.74, 6) is 0.326. The topological polar surface area (TPSA) is 68.0 Å². The number of aryl methyl sites for hydroxylation is 2. The Morgan fingerprint density at radius 1 is 0.903 bits per heavy atom. The minimum Gasteiger partial charge on any atom is -0.411 e. The second kappa shape index (κ2) is 9.18. The molecule has 31 heavy (non-hydrogen) atoms. The minimum atomic E-state index is -0.406. The lowest BCUT2D eigenvalue weighted by Crippen LogP contribution is -2.22. The summed E-state index contributed by atoms with van der Waals surface area (Å²) in [5, 5.41) is 11.2. The lowest BCUT2D eigenvalue weighted by atomic mass is 10.0. The van der Waals surface area contributed by atoms with Crippen LogP contribution in [0.1, 0.15) is 18.1 Å². The Morgan fingerprint density at radius 3 is 2.42 bits per heavy atom. The van der Waals surface area contributed by atoms with Crippen LogP contribution in [0.2, 0.25) is 0 Å². The summed E-state index contributed by atoms with van der Waals surface area (Å²) in [6.45, 7) is 5.93. The van der Waals surface area contributed by atoms with Gasteiger partial charge < -0.3 is 9.73 Å². The summed E-state index contributed by atoms with van der Waals surface area (Å²) in [6, 6.07) is 23.8. The van der Waals surface area contributed by atoms with E-state index in [0.717, 1.165) is 27.9 Å². The SMILES string of the molecule is Cc1ccc(-c2nnc(SC(C)C(=O)Nc3ccccc3-c3ccccc3)o2)cc1C. The molecule has 0 aliphatic carbocycles. The molecule has 4 rings (SSSR count). The molecule has 1 N–H and O–H groups in total. The molecule has 1 heterocycles. The maximum Gasteiger partial charge on any atom is 0.277 e. The smallest absolute Gasteiger partial charge is 0.277 e. The number of rotatable bonds is 6. The van der Waals surface area contributed by atoms with Crippen LogP contribution in [-0.4, -0.2) is 21.4 Å². The van der Waals surface area contributed by atoms with Crippen LogP contribution in [0.4, 0.5) is 5.69 Å². The molecule has 6 heteroatoms. The number of carbonyl (C=O) groups excluding carboxylic acids is 1. The summed E-state index contributed by atoms with van der Waals surface area (Å²) in [5.41, 5.74) is 6.04. The molecule has 1 atom stereocenters. The quantitative estimate of drug-likeness (QED) is 0.373. The monoisotopic (exact) mass is 429 g/mol. The number of nitrogens with one attached hydrogen (secondary N) is 1. The summed E-state index contributed by atoms with van der Waals surface area (Å²) in [7, 11) is 0. The number of hydrogen-bond donors (Lipinski definition) is 1. The Kier molecular flexibility index (Phi) is 6.18. The van der Waals surface area contributed by atoms with Crippen LogP contribution in [0.3, 0.4) is 0 Å². The molecule has 5 nitrogen and oxygen atoms in total. The lowest BCUT2D eigenvalue weighted by Gasteiger charge is -2.14. The van der Waals surface area contributed by atoms with Gasteiger partial charge in [-0.1, -0.05) is 66.4 Å². The van der Waals surface area contributed by atoms with Crippen molar-refractivity contribution in [2.75, 3.05) is 5.32 Å². The molecular formula is C25H23N3O2S. The number of thioether (sulfide) groups is 1. The molecule has 156 valence electrons. The van der Waals surface area contributed by atoms with Crippen molar-refractivity contribution >= 4 is 23.4 Å². The predicted octanol–water partition coefficient (Wildman–Crippen LogP) is 6.14. The van der Waals surface area contributed by atoms with E-state index in [4.69, 9.17) is 4.42 Å². The van der Waals surface area contributed by atoms with Crippen molar-refractivity contribution in [2.24, 2.45) is 0 Å². The molecule has 1 amide bonds. The molecule has 4 aromatic rings. The van der Waals surface area contributed by atoms with Crippen molar-refractivity contribution in [1.82, 2.24) is 10.2 Å². The van der Waals surface area contributed by atoms with Gasteiger partial charge in [-0.2, -0.15) is 0 Å². The summed E-state index contributed by atoms with van der Waals surface area (Å²) < 4.78 is 5.79. The van der Waals surface area contributed by atoms with Crippen molar-refractivity contribution < 1.29 is 9.21 Å². The van der Waals surface area contributed by atoms with E-state index >= 15 is 0 Å². The number of benzene rings is 3. The zero-order valence-corrected chi connectivity index (χ0v) is 18.4. The number of nitrogens with zero attached hydrogens (tertiary/aromatic N) is 2. The van der Waals surface area contributed by atoms with Crippen LogP contribution >= 0.6 is 11.8 Å². The van der Waals surface area contributed by atoms with Crippen LogP contribution in [0, 0.1) is 13.8 Å². The van der Waals surface area contributed by atoms with Crippen LogP contribution in [0.15, 0.2) is 82.4 Å². The summed E-state index contributed by atoms with van der Waals surface area (Å²) >= 11 is 1.24. The van der Waals surface area contributed by atoms with Gasteiger partial charge >= 0.3 is 0 Å². The maximum atomic E-state index is 12.8. The van der Waals surface area contributed by atoms with Gasteiger partial charge in [0.1, 0.15) is 0 Å². The highest BCUT2D eigenvalue weighted by atomic mass is 32.2. The molecule has 1 aromatic heterocycles. The van der Waals surface area contributed by atoms with Gasteiger partial charge in [-0.15, -0.1) is 10.2 Å². The van der Waals surface area contributed by atoms with Crippen LogP contribution in [0.5, 0.6) is 0 Å². The fourth-order valence-corrected chi connectivity index (χ4v) is 3.83. The molecule has 0 saturated carbocycles. The second-order valence-corrected chi connectivity index (χ2v) is 8.63. The first-order valence-corrected chi connectivity index (χ1v) is 10.9. The maximum absolute atomic E-state index is 12.8. The number of carbonyl (C=O) groups is 1. The molecular weight excluding hydrogens is 406 g/mol. The van der Waals surface area contributed by atoms with E-state index in [-0.39, 0.29) is 5.91 Å². The van der Waals surface area contributed by atoms with E-state index in [0.29, 0.717) is 11.1 Å². The Hall–Kier alpha value is -3.38. The largest absolute Gasteiger partial charge is 0.411 e. The molecule has 0 saturated heterocycles. The predicted molar refractivity (Wildman–Crippen MR) is 125 cm³/mol. The van der Waals surface area contributed by atoms with Gasteiger partial charge in [0.25, 0.3) is 5.22 Å². The van der Waals surface area contributed by atoms with Gasteiger partial charge in [0, 0.05) is 16.8 Å². The van der Waals surface area contributed by atoms with E-state index < -0.39 is 5.25 Å². The second-order valence-electron chi connectivity index (χ2n) is 7.33. The summed E-state index contributed by atoms with van der Waals surface area (Å²) in [6.07, 6.45) is 0. The molecule has 0 aliphatic heterocycles. The highest BCUT2D eigenvalue weighted by Crippen LogP contribution is 2.30. The average Bonchev–Trinajstić information content (AvgIpc) is 3.25. The van der Waals surface area contributed by atoms with Crippen molar-refractivity contribution in [1.29, 1.82) is 0 Å². The normalized spacial score (nSPS) is 11.8. The first-order valence-electron chi connectivity index (χ1n) is 10.0. The molecule has 0 fully saturated rings. The van der Waals surface area contributed by atoms with Gasteiger partial charge in [0.15, 0.2) is 0 Å². The van der Waals surface area contributed by atoms with Gasteiger partial charge in [-0.25, -0.2) is 0 Å². The van der Waals surface area contributed by atoms with Gasteiger partial charge in [-0.05, 0) is 55.7 Å². The van der Waals surface area contributed by atoms with Gasteiger partial charge in [0.2, 0.25) is 11.8 Å². The third kappa shape index (κ3) is 4.86. The fraction of sp³-hybridized carbons (Fsp3) is 0.160. The van der Waals surface area contributed by atoms with Crippen molar-refractivity contribution in [3.63, 3.8) is 0 Å². The first-order chi connectivity index (χ1) is 15.0. The third-order valence-electron chi connectivity index (χ3n) is 5.08. The third-order valence-corrected chi connectivity index (χ3v) is 6.01. The summed E-state index contributed by atoms with van der Waals surface area (Å²) in [4.78, 5) is 12.8. The minimum absolute atomic E-state index is 0.126. The highest BCUT2D eigenvalue weighted by molar-refractivity contribution is 8.00. The molecule has 1 unspecified atom stereocenters. The van der Waals surface area contributed by atoms with Crippen molar-refractivity contribution in [2.45, 2.75) is 31.2 Å². The van der Waals surface area contributed by atoms with E-state index in [9.17, 15) is 4.79 Å². The van der Waals surface area contributed by atoms with Crippen LogP contribution < -0.4 is 5.32 Å². The van der Waals surface area contributed by atoms with E-state index in [1.165, 1.54) is 17.3 Å². The standard InChI is InChI=1S/C25H23N3O2S/c1-16-13-14-20(15-17(16)2)24-27-28-25(30-24)31-18(3)23(29)26-22-12-8-7-11-21(22)19-9-5-4-6-10-19/h4-15,18H,1-3H3,(H,26,29). The van der Waals surface area contributed by atoms with Gasteiger partial charge in [-0.3, -0.25) is 4.79 Å². The average molecular weight is 430 g/mol. The first kappa shape index (κ1) is 20.9. The zero-order valence-electron chi connectivity index (χ0n) is 17.6. The molecule has 0 bridgehead atoms. The Balaban J connectivity index is 1.46. The Bertz CT molecular complexity index is 1200. The van der Waals surface area contributed by atoms with Gasteiger partial charge in [0.05, 0.1) is 5.25 Å². The van der Waals surface area contributed by atoms with Crippen LogP contribution in [-0.2, 0) is 4.79 Å². The van der Waals surface area contributed by atoms with E-state index in [1.807, 2.05) is 86.6 Å². The van der Waals surface area contributed by atoms with Crippen LogP contribution in [0.25, 0.3) is 22.6 Å². The van der Waals surface area contributed by atoms with E-state index in [1.54, 1.807) is 0 Å². The molecule has 0 spiro atoms. The van der Waals surface area contributed by atoms with Crippen molar-refractivity contribution in [3.05, 3.63) is 83.9 Å². The number of para-hydroxylation sites is 1. The van der Waals surface area contributed by atoms with Crippen molar-refractivity contribution in [3.8, 4) is 22.6 Å². The number of hydrogen-bond acceptors (Lipinski definition) is 5. The molecule has 3 aromatic carbocycles. The Labute approximate surface area is 185 Å².